The van der Waals surface area contributed by atoms with E-state index in [1.54, 1.807) is 4.31 Å². The van der Waals surface area contributed by atoms with E-state index < -0.39 is 33.8 Å². The number of nitrogens with zero attached hydrogens (tertiary/aromatic N) is 1. The number of ether oxygens (including phenoxy) is 1. The summed E-state index contributed by atoms with van der Waals surface area (Å²) in [4.78, 5) is 0. The second kappa shape index (κ2) is 7.60. The van der Waals surface area contributed by atoms with E-state index in [1.165, 1.54) is 6.26 Å². The summed E-state index contributed by atoms with van der Waals surface area (Å²) in [5.74, 6) is -0.237. The molecule has 9 heteroatoms. The Morgan fingerprint density at radius 2 is 1.82 bits per heavy atom. The molecular formula is C19H27F2N3O3S. The predicted octanol–water partition coefficient (Wildman–Crippen LogP) is 1.38. The molecule has 0 amide bonds. The first-order chi connectivity index (χ1) is 13.2. The molecule has 28 heavy (non-hydrogen) atoms. The summed E-state index contributed by atoms with van der Waals surface area (Å²) < 4.78 is 58.3. The molecule has 3 N–H and O–H groups in total. The molecule has 1 aromatic rings. The predicted molar refractivity (Wildman–Crippen MR) is 101 cm³/mol. The van der Waals surface area contributed by atoms with Crippen LogP contribution in [0.3, 0.4) is 0 Å². The van der Waals surface area contributed by atoms with Gasteiger partial charge < -0.3 is 15.8 Å². The standard InChI is InChI=1S/C19H27F2N3O3S/c1-28(25,26)24-8-11-4-14(5-12(11)9-24)23-15-7-18(22)19(27-10-15)16-6-13(20)2-3-17(16)21/h2-3,6,11-12,14-15,18-19,23H,4-5,7-10,22H2,1H3. The maximum absolute atomic E-state index is 14.0. The van der Waals surface area contributed by atoms with Crippen LogP contribution in [0.25, 0.3) is 0 Å². The van der Waals surface area contributed by atoms with E-state index in [0.717, 1.165) is 31.0 Å². The molecule has 0 radical (unpaired) electrons. The van der Waals surface area contributed by atoms with Crippen molar-refractivity contribution in [2.75, 3.05) is 26.0 Å². The normalized spacial score (nSPS) is 36.6. The van der Waals surface area contributed by atoms with Crippen LogP contribution in [0.2, 0.25) is 0 Å². The molecule has 0 bridgehead atoms. The zero-order chi connectivity index (χ0) is 20.1. The summed E-state index contributed by atoms with van der Waals surface area (Å²) in [6.45, 7) is 1.59. The molecule has 6 nitrogen and oxygen atoms in total. The lowest BCUT2D eigenvalue weighted by Crippen LogP contribution is -2.50. The van der Waals surface area contributed by atoms with E-state index >= 15 is 0 Å². The van der Waals surface area contributed by atoms with Crippen LogP contribution in [0.4, 0.5) is 8.78 Å². The van der Waals surface area contributed by atoms with Gasteiger partial charge in [-0.25, -0.2) is 21.5 Å². The monoisotopic (exact) mass is 415 g/mol. The third kappa shape index (κ3) is 4.09. The smallest absolute Gasteiger partial charge is 0.211 e. The third-order valence-electron chi connectivity index (χ3n) is 6.35. The van der Waals surface area contributed by atoms with Gasteiger partial charge in [0.15, 0.2) is 0 Å². The Morgan fingerprint density at radius 1 is 1.14 bits per heavy atom. The van der Waals surface area contributed by atoms with Crippen molar-refractivity contribution in [1.82, 2.24) is 9.62 Å². The van der Waals surface area contributed by atoms with E-state index in [-0.39, 0.29) is 11.6 Å². The molecule has 5 atom stereocenters. The topological polar surface area (TPSA) is 84.7 Å². The SMILES string of the molecule is CS(=O)(=O)N1CC2CC(NC3COC(c4cc(F)ccc4F)C(N)C3)CC2C1. The Labute approximate surface area is 164 Å². The molecule has 1 aromatic carbocycles. The Hall–Kier alpha value is -1.13. The van der Waals surface area contributed by atoms with Crippen molar-refractivity contribution in [3.63, 3.8) is 0 Å². The fraction of sp³-hybridized carbons (Fsp3) is 0.684. The zero-order valence-corrected chi connectivity index (χ0v) is 16.7. The quantitative estimate of drug-likeness (QED) is 0.776. The van der Waals surface area contributed by atoms with Gasteiger partial charge in [0.25, 0.3) is 0 Å². The summed E-state index contributed by atoms with van der Waals surface area (Å²) >= 11 is 0. The molecule has 1 aliphatic carbocycles. The van der Waals surface area contributed by atoms with Crippen molar-refractivity contribution in [3.8, 4) is 0 Å². The van der Waals surface area contributed by atoms with Crippen molar-refractivity contribution in [1.29, 1.82) is 0 Å². The molecule has 5 unspecified atom stereocenters. The first kappa shape index (κ1) is 20.2. The van der Waals surface area contributed by atoms with Gasteiger partial charge in [-0.15, -0.1) is 0 Å². The van der Waals surface area contributed by atoms with Gasteiger partial charge in [0, 0.05) is 36.8 Å². The lowest BCUT2D eigenvalue weighted by molar-refractivity contribution is -0.0224. The zero-order valence-electron chi connectivity index (χ0n) is 15.9. The number of hydrogen-bond donors (Lipinski definition) is 2. The summed E-state index contributed by atoms with van der Waals surface area (Å²) in [5.41, 5.74) is 6.39. The van der Waals surface area contributed by atoms with E-state index in [2.05, 4.69) is 5.32 Å². The van der Waals surface area contributed by atoms with Crippen molar-refractivity contribution in [2.24, 2.45) is 17.6 Å². The van der Waals surface area contributed by atoms with Crippen LogP contribution in [0.1, 0.15) is 30.9 Å². The highest BCUT2D eigenvalue weighted by atomic mass is 32.2. The molecule has 1 saturated carbocycles. The summed E-state index contributed by atoms with van der Waals surface area (Å²) in [5, 5.41) is 3.59. The van der Waals surface area contributed by atoms with E-state index in [0.29, 0.717) is 44.0 Å². The van der Waals surface area contributed by atoms with Crippen LogP contribution in [-0.2, 0) is 14.8 Å². The Balaban J connectivity index is 1.31. The Kier molecular flexibility index (Phi) is 5.47. The molecule has 156 valence electrons. The van der Waals surface area contributed by atoms with Gasteiger partial charge in [-0.1, -0.05) is 0 Å². The minimum absolute atomic E-state index is 0.0534. The lowest BCUT2D eigenvalue weighted by Gasteiger charge is -2.36. The highest BCUT2D eigenvalue weighted by Gasteiger charge is 2.44. The molecule has 2 aliphatic heterocycles. The van der Waals surface area contributed by atoms with Crippen LogP contribution < -0.4 is 11.1 Å². The minimum Gasteiger partial charge on any atom is -0.370 e. The molecule has 3 aliphatic rings. The summed E-state index contributed by atoms with van der Waals surface area (Å²) in [6.07, 6.45) is 3.10. The fourth-order valence-corrected chi connectivity index (χ4v) is 5.95. The number of benzene rings is 1. The van der Waals surface area contributed by atoms with Gasteiger partial charge >= 0.3 is 0 Å². The molecule has 0 aromatic heterocycles. The number of fused-ring (bicyclic) bond motifs is 1. The number of hydrogen-bond acceptors (Lipinski definition) is 5. The van der Waals surface area contributed by atoms with Crippen molar-refractivity contribution in [3.05, 3.63) is 35.4 Å². The Morgan fingerprint density at radius 3 is 2.43 bits per heavy atom. The molecule has 4 rings (SSSR count). The van der Waals surface area contributed by atoms with Gasteiger partial charge in [0.2, 0.25) is 10.0 Å². The average molecular weight is 416 g/mol. The van der Waals surface area contributed by atoms with Crippen LogP contribution >= 0.6 is 0 Å². The average Bonchev–Trinajstić information content (AvgIpc) is 3.16. The van der Waals surface area contributed by atoms with E-state index in [4.69, 9.17) is 10.5 Å². The maximum Gasteiger partial charge on any atom is 0.211 e. The number of rotatable bonds is 4. The third-order valence-corrected chi connectivity index (χ3v) is 7.58. The lowest BCUT2D eigenvalue weighted by atomic mass is 9.93. The highest BCUT2D eigenvalue weighted by Crippen LogP contribution is 2.39. The highest BCUT2D eigenvalue weighted by molar-refractivity contribution is 7.88. The van der Waals surface area contributed by atoms with E-state index in [9.17, 15) is 17.2 Å². The number of halogens is 2. The molecular weight excluding hydrogens is 388 g/mol. The van der Waals surface area contributed by atoms with Gasteiger partial charge in [0.1, 0.15) is 17.7 Å². The summed E-state index contributed by atoms with van der Waals surface area (Å²) in [7, 11) is -3.12. The second-order valence-corrected chi connectivity index (χ2v) is 10.4. The fourth-order valence-electron chi connectivity index (χ4n) is 5.03. The molecule has 2 heterocycles. The molecule has 2 saturated heterocycles. The first-order valence-corrected chi connectivity index (χ1v) is 11.6. The van der Waals surface area contributed by atoms with Gasteiger partial charge in [-0.2, -0.15) is 0 Å². The van der Waals surface area contributed by atoms with Gasteiger partial charge in [-0.3, -0.25) is 0 Å². The second-order valence-electron chi connectivity index (χ2n) is 8.45. The van der Waals surface area contributed by atoms with Crippen LogP contribution in [0, 0.1) is 23.5 Å². The largest absolute Gasteiger partial charge is 0.370 e. The maximum atomic E-state index is 14.0. The van der Waals surface area contributed by atoms with Crippen LogP contribution in [0.5, 0.6) is 0 Å². The molecule has 0 spiro atoms. The summed E-state index contributed by atoms with van der Waals surface area (Å²) in [6, 6.07) is 3.27. The van der Waals surface area contributed by atoms with E-state index in [1.807, 2.05) is 0 Å². The van der Waals surface area contributed by atoms with Crippen molar-refractivity contribution < 1.29 is 21.9 Å². The number of nitrogens with one attached hydrogen (secondary N) is 1. The van der Waals surface area contributed by atoms with Gasteiger partial charge in [-0.05, 0) is 49.3 Å². The Bertz CT molecular complexity index is 824. The van der Waals surface area contributed by atoms with Crippen molar-refractivity contribution in [2.45, 2.75) is 43.5 Å². The number of nitrogens with two attached hydrogens (primary N) is 1. The van der Waals surface area contributed by atoms with Gasteiger partial charge in [0.05, 0.1) is 12.9 Å². The molecule has 3 fully saturated rings. The van der Waals surface area contributed by atoms with Crippen LogP contribution in [0.15, 0.2) is 18.2 Å². The van der Waals surface area contributed by atoms with Crippen molar-refractivity contribution >= 4 is 10.0 Å². The number of sulfonamides is 1. The van der Waals surface area contributed by atoms with Crippen LogP contribution in [-0.4, -0.2) is 56.8 Å². The first-order valence-electron chi connectivity index (χ1n) is 9.74. The minimum atomic E-state index is -3.12.